The monoisotopic (exact) mass is 398 g/mol. The fraction of sp³-hybridized carbons (Fsp3) is 0.409. The van der Waals surface area contributed by atoms with E-state index in [2.05, 4.69) is 22.5 Å². The van der Waals surface area contributed by atoms with Crippen molar-refractivity contribution in [3.05, 3.63) is 54.4 Å². The SMILES string of the molecule is CCCc1ccc(OCC(=O)N(CCNC(=O)Nc2cccnc2)C(C)C)cc1. The molecular formula is C22H30N4O3. The lowest BCUT2D eigenvalue weighted by Gasteiger charge is -2.27. The van der Waals surface area contributed by atoms with E-state index in [-0.39, 0.29) is 24.6 Å². The number of aryl methyl sites for hydroxylation is 1. The van der Waals surface area contributed by atoms with Gasteiger partial charge in [0, 0.05) is 25.3 Å². The number of anilines is 1. The van der Waals surface area contributed by atoms with Crippen molar-refractivity contribution in [3.8, 4) is 5.75 Å². The van der Waals surface area contributed by atoms with Crippen LogP contribution in [0.5, 0.6) is 5.75 Å². The highest BCUT2D eigenvalue weighted by atomic mass is 16.5. The number of nitrogens with zero attached hydrogens (tertiary/aromatic N) is 2. The first-order valence-electron chi connectivity index (χ1n) is 9.95. The first-order chi connectivity index (χ1) is 14.0. The zero-order valence-electron chi connectivity index (χ0n) is 17.4. The Hall–Kier alpha value is -3.09. The van der Waals surface area contributed by atoms with Crippen molar-refractivity contribution in [1.29, 1.82) is 0 Å². The third-order valence-electron chi connectivity index (χ3n) is 4.33. The third-order valence-corrected chi connectivity index (χ3v) is 4.33. The molecule has 2 N–H and O–H groups in total. The maximum Gasteiger partial charge on any atom is 0.319 e. The van der Waals surface area contributed by atoms with Crippen molar-refractivity contribution in [2.75, 3.05) is 25.0 Å². The topological polar surface area (TPSA) is 83.6 Å². The number of hydrogen-bond acceptors (Lipinski definition) is 4. The van der Waals surface area contributed by atoms with Crippen LogP contribution in [0.25, 0.3) is 0 Å². The van der Waals surface area contributed by atoms with Gasteiger partial charge in [-0.3, -0.25) is 9.78 Å². The van der Waals surface area contributed by atoms with Gasteiger partial charge in [-0.2, -0.15) is 0 Å². The zero-order chi connectivity index (χ0) is 21.1. The molecule has 1 aromatic heterocycles. The van der Waals surface area contributed by atoms with E-state index in [4.69, 9.17) is 4.74 Å². The molecule has 0 aliphatic rings. The van der Waals surface area contributed by atoms with Gasteiger partial charge in [0.15, 0.2) is 6.61 Å². The van der Waals surface area contributed by atoms with E-state index in [1.54, 1.807) is 29.4 Å². The Kier molecular flexibility index (Phi) is 8.95. The molecule has 0 unspecified atom stereocenters. The van der Waals surface area contributed by atoms with Crippen molar-refractivity contribution >= 4 is 17.6 Å². The summed E-state index contributed by atoms with van der Waals surface area (Å²) in [7, 11) is 0. The first-order valence-corrected chi connectivity index (χ1v) is 9.95. The molecular weight excluding hydrogens is 368 g/mol. The molecule has 0 saturated carbocycles. The van der Waals surface area contributed by atoms with Gasteiger partial charge in [-0.1, -0.05) is 25.5 Å². The van der Waals surface area contributed by atoms with Crippen molar-refractivity contribution < 1.29 is 14.3 Å². The second kappa shape index (κ2) is 11.7. The summed E-state index contributed by atoms with van der Waals surface area (Å²) in [5.41, 5.74) is 1.87. The highest BCUT2D eigenvalue weighted by Gasteiger charge is 2.17. The van der Waals surface area contributed by atoms with Crippen LogP contribution in [0.2, 0.25) is 0 Å². The number of hydrogen-bond donors (Lipinski definition) is 2. The summed E-state index contributed by atoms with van der Waals surface area (Å²) in [4.78, 5) is 30.1. The summed E-state index contributed by atoms with van der Waals surface area (Å²) in [5.74, 6) is 0.558. The molecule has 7 nitrogen and oxygen atoms in total. The molecule has 1 heterocycles. The molecule has 0 saturated heterocycles. The van der Waals surface area contributed by atoms with E-state index < -0.39 is 0 Å². The average molecular weight is 399 g/mol. The molecule has 0 radical (unpaired) electrons. The maximum absolute atomic E-state index is 12.6. The Morgan fingerprint density at radius 1 is 1.17 bits per heavy atom. The van der Waals surface area contributed by atoms with Crippen molar-refractivity contribution in [2.24, 2.45) is 0 Å². The molecule has 0 bridgehead atoms. The fourth-order valence-electron chi connectivity index (χ4n) is 2.84. The largest absolute Gasteiger partial charge is 0.484 e. The number of amides is 3. The summed E-state index contributed by atoms with van der Waals surface area (Å²) < 4.78 is 5.64. The molecule has 0 aliphatic heterocycles. The normalized spacial score (nSPS) is 10.5. The van der Waals surface area contributed by atoms with Gasteiger partial charge in [-0.05, 0) is 50.1 Å². The number of ether oxygens (including phenoxy) is 1. The number of rotatable bonds is 10. The van der Waals surface area contributed by atoms with Crippen LogP contribution in [0.15, 0.2) is 48.8 Å². The van der Waals surface area contributed by atoms with Crippen LogP contribution in [0.4, 0.5) is 10.5 Å². The van der Waals surface area contributed by atoms with Crippen LogP contribution in [-0.2, 0) is 11.2 Å². The van der Waals surface area contributed by atoms with E-state index in [1.165, 1.54) is 5.56 Å². The lowest BCUT2D eigenvalue weighted by molar-refractivity contribution is -0.135. The number of urea groups is 1. The molecule has 0 aliphatic carbocycles. The predicted molar refractivity (Wildman–Crippen MR) is 114 cm³/mol. The molecule has 3 amide bonds. The van der Waals surface area contributed by atoms with Gasteiger partial charge in [0.2, 0.25) is 0 Å². The fourth-order valence-corrected chi connectivity index (χ4v) is 2.84. The van der Waals surface area contributed by atoms with Gasteiger partial charge in [-0.25, -0.2) is 4.79 Å². The standard InChI is InChI=1S/C22H30N4O3/c1-4-6-18-8-10-20(11-9-18)29-16-21(27)26(17(2)3)14-13-24-22(28)25-19-7-5-12-23-15-19/h5,7-12,15,17H,4,6,13-14,16H2,1-3H3,(H2,24,25,28). The summed E-state index contributed by atoms with van der Waals surface area (Å²) in [6.45, 7) is 6.71. The lowest BCUT2D eigenvalue weighted by atomic mass is 10.1. The van der Waals surface area contributed by atoms with Crippen molar-refractivity contribution in [1.82, 2.24) is 15.2 Å². The number of carbonyl (C=O) groups excluding carboxylic acids is 2. The van der Waals surface area contributed by atoms with Gasteiger partial charge < -0.3 is 20.3 Å². The number of aromatic nitrogens is 1. The highest BCUT2D eigenvalue weighted by Crippen LogP contribution is 2.13. The Labute approximate surface area is 172 Å². The minimum Gasteiger partial charge on any atom is -0.484 e. The molecule has 0 spiro atoms. The smallest absolute Gasteiger partial charge is 0.319 e. The predicted octanol–water partition coefficient (Wildman–Crippen LogP) is 3.47. The van der Waals surface area contributed by atoms with E-state index in [9.17, 15) is 9.59 Å². The zero-order valence-corrected chi connectivity index (χ0v) is 17.4. The third kappa shape index (κ3) is 7.81. The van der Waals surface area contributed by atoms with Gasteiger partial charge in [0.1, 0.15) is 5.75 Å². The average Bonchev–Trinajstić information content (AvgIpc) is 2.71. The highest BCUT2D eigenvalue weighted by molar-refractivity contribution is 5.89. The molecule has 7 heteroatoms. The lowest BCUT2D eigenvalue weighted by Crippen LogP contribution is -2.45. The van der Waals surface area contributed by atoms with E-state index >= 15 is 0 Å². The minimum absolute atomic E-state index is 0.00112. The minimum atomic E-state index is -0.336. The molecule has 29 heavy (non-hydrogen) atoms. The van der Waals surface area contributed by atoms with E-state index in [0.29, 0.717) is 24.5 Å². The number of benzene rings is 1. The molecule has 2 rings (SSSR count). The van der Waals surface area contributed by atoms with Crippen LogP contribution in [0.3, 0.4) is 0 Å². The Morgan fingerprint density at radius 3 is 2.55 bits per heavy atom. The second-order valence-electron chi connectivity index (χ2n) is 6.99. The van der Waals surface area contributed by atoms with Gasteiger partial charge in [0.05, 0.1) is 11.9 Å². The van der Waals surface area contributed by atoms with Gasteiger partial charge in [0.25, 0.3) is 5.91 Å². The molecule has 1 aromatic carbocycles. The van der Waals surface area contributed by atoms with E-state index in [1.807, 2.05) is 38.1 Å². The van der Waals surface area contributed by atoms with Crippen molar-refractivity contribution in [2.45, 2.75) is 39.7 Å². The molecule has 0 fully saturated rings. The van der Waals surface area contributed by atoms with Crippen LogP contribution < -0.4 is 15.4 Å². The molecule has 0 atom stereocenters. The van der Waals surface area contributed by atoms with E-state index in [0.717, 1.165) is 12.8 Å². The van der Waals surface area contributed by atoms with Crippen LogP contribution in [0, 0.1) is 0 Å². The molecule has 156 valence electrons. The second-order valence-corrected chi connectivity index (χ2v) is 6.99. The Morgan fingerprint density at radius 2 is 1.93 bits per heavy atom. The number of carbonyl (C=O) groups is 2. The molecule has 2 aromatic rings. The summed E-state index contributed by atoms with van der Waals surface area (Å²) in [6.07, 6.45) is 5.32. The summed E-state index contributed by atoms with van der Waals surface area (Å²) in [5, 5.41) is 5.44. The van der Waals surface area contributed by atoms with Crippen LogP contribution >= 0.6 is 0 Å². The number of nitrogens with one attached hydrogen (secondary N) is 2. The Bertz CT molecular complexity index is 763. The summed E-state index contributed by atoms with van der Waals surface area (Å²) >= 11 is 0. The number of pyridine rings is 1. The van der Waals surface area contributed by atoms with Crippen LogP contribution in [-0.4, -0.2) is 47.6 Å². The quantitative estimate of drug-likeness (QED) is 0.642. The summed E-state index contributed by atoms with van der Waals surface area (Å²) in [6, 6.07) is 11.0. The van der Waals surface area contributed by atoms with Crippen LogP contribution in [0.1, 0.15) is 32.8 Å². The first kappa shape index (κ1) is 22.2. The van der Waals surface area contributed by atoms with Crippen molar-refractivity contribution in [3.63, 3.8) is 0 Å². The van der Waals surface area contributed by atoms with Gasteiger partial charge >= 0.3 is 6.03 Å². The maximum atomic E-state index is 12.6. The Balaban J connectivity index is 1.77. The van der Waals surface area contributed by atoms with Gasteiger partial charge in [-0.15, -0.1) is 0 Å².